The van der Waals surface area contributed by atoms with E-state index in [1.807, 2.05) is 0 Å². The number of rotatable bonds is 0. The second-order valence-corrected chi connectivity index (χ2v) is 4.93. The summed E-state index contributed by atoms with van der Waals surface area (Å²) in [6, 6.07) is 0. The van der Waals surface area contributed by atoms with E-state index in [9.17, 15) is 0 Å². The van der Waals surface area contributed by atoms with Crippen molar-refractivity contribution in [3.63, 3.8) is 0 Å². The van der Waals surface area contributed by atoms with Crippen molar-refractivity contribution in [2.24, 2.45) is 11.5 Å². The smallest absolute Gasteiger partial charge is 0.0301 e. The van der Waals surface area contributed by atoms with Crippen LogP contribution in [0, 0.1) is 0 Å². The van der Waals surface area contributed by atoms with Crippen LogP contribution in [0.15, 0.2) is 0 Å². The molecule has 0 aromatic carbocycles. The molecule has 70 valence electrons. The van der Waals surface area contributed by atoms with Gasteiger partial charge >= 0.3 is 0 Å². The average Bonchev–Trinajstić information content (AvgIpc) is 1.79. The van der Waals surface area contributed by atoms with Crippen LogP contribution < -0.4 is 11.5 Å². The van der Waals surface area contributed by atoms with E-state index >= 15 is 0 Å². The zero-order chi connectivity index (χ0) is 8.82. The first-order valence-corrected chi connectivity index (χ1v) is 4.78. The topological polar surface area (TPSA) is 55.3 Å². The fourth-order valence-corrected chi connectivity index (χ4v) is 3.07. The molecule has 0 spiro atoms. The monoisotopic (exact) mass is 169 g/mol. The summed E-state index contributed by atoms with van der Waals surface area (Å²) in [6.45, 7) is 2.04. The minimum Gasteiger partial charge on any atom is -0.324 e. The lowest BCUT2D eigenvalue weighted by Gasteiger charge is -2.52. The lowest BCUT2D eigenvalue weighted by molar-refractivity contribution is 0.0607. The van der Waals surface area contributed by atoms with Crippen molar-refractivity contribution < 1.29 is 0 Å². The van der Waals surface area contributed by atoms with Crippen LogP contribution in [0.25, 0.3) is 0 Å². The molecule has 0 radical (unpaired) electrons. The fourth-order valence-electron chi connectivity index (χ4n) is 3.07. The lowest BCUT2D eigenvalue weighted by atomic mass is 9.69. The molecule has 4 N–H and O–H groups in total. The number of piperidine rings is 1. The summed E-state index contributed by atoms with van der Waals surface area (Å²) in [6.07, 6.45) is 4.53. The van der Waals surface area contributed by atoms with Crippen molar-refractivity contribution in [1.29, 1.82) is 0 Å². The van der Waals surface area contributed by atoms with Gasteiger partial charge in [-0.2, -0.15) is 0 Å². The Morgan fingerprint density at radius 2 is 1.58 bits per heavy atom. The maximum Gasteiger partial charge on any atom is 0.0301 e. The molecule has 3 heteroatoms. The summed E-state index contributed by atoms with van der Waals surface area (Å²) in [4.78, 5) is 2.28. The normalized spacial score (nSPS) is 49.2. The first-order valence-electron chi connectivity index (χ1n) is 4.78. The summed E-state index contributed by atoms with van der Waals surface area (Å²) in [5.74, 6) is 0. The van der Waals surface area contributed by atoms with Gasteiger partial charge in [0.25, 0.3) is 0 Å². The predicted octanol–water partition coefficient (Wildman–Crippen LogP) is -0.0992. The molecule has 12 heavy (non-hydrogen) atoms. The van der Waals surface area contributed by atoms with Crippen LogP contribution in [-0.2, 0) is 0 Å². The van der Waals surface area contributed by atoms with Gasteiger partial charge in [-0.1, -0.05) is 0 Å². The summed E-state index contributed by atoms with van der Waals surface area (Å²) < 4.78 is 0. The van der Waals surface area contributed by atoms with Crippen molar-refractivity contribution >= 4 is 0 Å². The maximum atomic E-state index is 6.25. The number of likely N-dealkylation sites (N-methyl/N-ethyl adjacent to an activating group) is 1. The van der Waals surface area contributed by atoms with Gasteiger partial charge in [-0.15, -0.1) is 0 Å². The Kier molecular flexibility index (Phi) is 1.72. The Morgan fingerprint density at radius 1 is 1.08 bits per heavy atom. The molecule has 1 heterocycles. The Bertz CT molecular complexity index is 176. The molecule has 0 aromatic heterocycles. The minimum absolute atomic E-state index is 0.0139. The van der Waals surface area contributed by atoms with E-state index in [1.54, 1.807) is 0 Å². The van der Waals surface area contributed by atoms with Crippen molar-refractivity contribution in [1.82, 2.24) is 4.90 Å². The Hall–Kier alpha value is -0.120. The molecule has 2 atom stereocenters. The fraction of sp³-hybridized carbons (Fsp3) is 1.00. The third-order valence-electron chi connectivity index (χ3n) is 3.22. The second kappa shape index (κ2) is 2.44. The Labute approximate surface area is 74.1 Å². The first-order chi connectivity index (χ1) is 5.52. The molecular weight excluding hydrogens is 150 g/mol. The minimum atomic E-state index is 0.0139. The largest absolute Gasteiger partial charge is 0.324 e. The molecule has 2 rings (SSSR count). The van der Waals surface area contributed by atoms with Crippen LogP contribution in [-0.4, -0.2) is 36.1 Å². The molecule has 0 aromatic rings. The average molecular weight is 169 g/mol. The van der Waals surface area contributed by atoms with Crippen LogP contribution in [0.5, 0.6) is 0 Å². The number of nitrogens with zero attached hydrogens (tertiary/aromatic N) is 1. The van der Waals surface area contributed by atoms with Crippen LogP contribution in [0.1, 0.15) is 25.7 Å². The highest BCUT2D eigenvalue weighted by molar-refractivity contribution is 5.07. The highest BCUT2D eigenvalue weighted by atomic mass is 15.2. The molecule has 1 saturated carbocycles. The summed E-state index contributed by atoms with van der Waals surface area (Å²) in [5, 5.41) is 0. The molecule has 2 unspecified atom stereocenters. The van der Waals surface area contributed by atoms with Crippen LogP contribution in [0.4, 0.5) is 0 Å². The van der Waals surface area contributed by atoms with Gasteiger partial charge in [0.2, 0.25) is 0 Å². The van der Waals surface area contributed by atoms with E-state index in [2.05, 4.69) is 11.9 Å². The molecule has 0 amide bonds. The van der Waals surface area contributed by atoms with Crippen molar-refractivity contribution in [2.45, 2.75) is 36.8 Å². The van der Waals surface area contributed by atoms with E-state index in [-0.39, 0.29) is 11.1 Å². The summed E-state index contributed by atoms with van der Waals surface area (Å²) >= 11 is 0. The van der Waals surface area contributed by atoms with Gasteiger partial charge in [0.05, 0.1) is 0 Å². The Balaban J connectivity index is 2.19. The van der Waals surface area contributed by atoms with Gasteiger partial charge in [-0.3, -0.25) is 0 Å². The van der Waals surface area contributed by atoms with E-state index < -0.39 is 0 Å². The zero-order valence-corrected chi connectivity index (χ0v) is 7.84. The highest BCUT2D eigenvalue weighted by Crippen LogP contribution is 2.36. The van der Waals surface area contributed by atoms with Gasteiger partial charge in [-0.25, -0.2) is 0 Å². The van der Waals surface area contributed by atoms with E-state index in [4.69, 9.17) is 11.5 Å². The number of hydrogen-bond donors (Lipinski definition) is 2. The third-order valence-corrected chi connectivity index (χ3v) is 3.22. The molecule has 3 nitrogen and oxygen atoms in total. The Morgan fingerprint density at radius 3 is 2.08 bits per heavy atom. The van der Waals surface area contributed by atoms with Gasteiger partial charge in [0.15, 0.2) is 0 Å². The SMILES string of the molecule is CN1CC2(N)CCCC(N)(C1)C2. The van der Waals surface area contributed by atoms with E-state index in [0.717, 1.165) is 32.4 Å². The standard InChI is InChI=1S/C9H19N3/c1-12-6-8(10)3-2-4-9(11,5-8)7-12/h2-7,10-11H2,1H3. The van der Waals surface area contributed by atoms with Gasteiger partial charge in [0, 0.05) is 24.2 Å². The van der Waals surface area contributed by atoms with Crippen LogP contribution in [0.3, 0.4) is 0 Å². The van der Waals surface area contributed by atoms with Gasteiger partial charge < -0.3 is 16.4 Å². The van der Waals surface area contributed by atoms with E-state index in [0.29, 0.717) is 0 Å². The van der Waals surface area contributed by atoms with Gasteiger partial charge in [-0.05, 0) is 32.7 Å². The third kappa shape index (κ3) is 1.37. The summed E-state index contributed by atoms with van der Waals surface area (Å²) in [7, 11) is 2.12. The molecule has 2 fully saturated rings. The van der Waals surface area contributed by atoms with Crippen molar-refractivity contribution in [3.05, 3.63) is 0 Å². The van der Waals surface area contributed by atoms with Crippen molar-refractivity contribution in [2.75, 3.05) is 20.1 Å². The lowest BCUT2D eigenvalue weighted by Crippen LogP contribution is -2.68. The second-order valence-electron chi connectivity index (χ2n) is 4.93. The maximum absolute atomic E-state index is 6.25. The zero-order valence-electron chi connectivity index (χ0n) is 7.84. The molecule has 1 aliphatic carbocycles. The van der Waals surface area contributed by atoms with Gasteiger partial charge in [0.1, 0.15) is 0 Å². The molecule has 1 aliphatic heterocycles. The first kappa shape index (κ1) is 8.48. The van der Waals surface area contributed by atoms with Crippen LogP contribution >= 0.6 is 0 Å². The molecule has 1 saturated heterocycles. The summed E-state index contributed by atoms with van der Waals surface area (Å²) in [5.41, 5.74) is 12.5. The van der Waals surface area contributed by atoms with Crippen LogP contribution in [0.2, 0.25) is 0 Å². The molecular formula is C9H19N3. The van der Waals surface area contributed by atoms with Crippen molar-refractivity contribution in [3.8, 4) is 0 Å². The van der Waals surface area contributed by atoms with E-state index in [1.165, 1.54) is 6.42 Å². The highest BCUT2D eigenvalue weighted by Gasteiger charge is 2.45. The molecule has 2 aliphatic rings. The molecule has 2 bridgehead atoms. The number of fused-ring (bicyclic) bond motifs is 2. The quantitative estimate of drug-likeness (QED) is 0.532. The number of likely N-dealkylation sites (tertiary alicyclic amines) is 1. The number of nitrogens with two attached hydrogens (primary N) is 2. The number of hydrogen-bond acceptors (Lipinski definition) is 3. The predicted molar refractivity (Wildman–Crippen MR) is 49.8 cm³/mol.